The van der Waals surface area contributed by atoms with Crippen LogP contribution in [0, 0.1) is 6.92 Å². The summed E-state index contributed by atoms with van der Waals surface area (Å²) in [6.45, 7) is 3.82. The zero-order chi connectivity index (χ0) is 16.4. The summed E-state index contributed by atoms with van der Waals surface area (Å²) >= 11 is 1.54. The number of hydrogen-bond donors (Lipinski definition) is 2. The van der Waals surface area contributed by atoms with Gasteiger partial charge in [-0.2, -0.15) is 0 Å². The van der Waals surface area contributed by atoms with Crippen LogP contribution in [0.4, 0.5) is 10.7 Å². The summed E-state index contributed by atoms with van der Waals surface area (Å²) in [5.74, 6) is -0.200. The van der Waals surface area contributed by atoms with E-state index in [1.165, 1.54) is 4.88 Å². The molecule has 0 saturated carbocycles. The number of thiophene rings is 1. The summed E-state index contributed by atoms with van der Waals surface area (Å²) in [5.41, 5.74) is 3.66. The van der Waals surface area contributed by atoms with Gasteiger partial charge in [-0.1, -0.05) is 24.6 Å². The predicted molar refractivity (Wildman–Crippen MR) is 94.4 cm³/mol. The van der Waals surface area contributed by atoms with E-state index in [-0.39, 0.29) is 11.8 Å². The summed E-state index contributed by atoms with van der Waals surface area (Å²) in [4.78, 5) is 25.7. The van der Waals surface area contributed by atoms with E-state index in [1.807, 2.05) is 38.1 Å². The zero-order valence-electron chi connectivity index (χ0n) is 13.4. The smallest absolute Gasteiger partial charge is 0.258 e. The number of anilines is 2. The number of nitrogens with one attached hydrogen (secondary N) is 2. The SMILES string of the molecule is CCC(=O)Nc1sc2c(c1C(=O)Nc1ccc(C)cc1)CCC2. The van der Waals surface area contributed by atoms with Gasteiger partial charge in [-0.3, -0.25) is 9.59 Å². The molecule has 23 heavy (non-hydrogen) atoms. The van der Waals surface area contributed by atoms with Gasteiger partial charge in [0.05, 0.1) is 5.56 Å². The normalized spacial score (nSPS) is 12.8. The van der Waals surface area contributed by atoms with Gasteiger partial charge in [-0.15, -0.1) is 11.3 Å². The largest absolute Gasteiger partial charge is 0.322 e. The molecular formula is C18H20N2O2S. The first-order chi connectivity index (χ1) is 11.1. The Balaban J connectivity index is 1.89. The standard InChI is InChI=1S/C18H20N2O2S/c1-3-15(21)20-18-16(13-5-4-6-14(13)23-18)17(22)19-12-9-7-11(2)8-10-12/h7-10H,3-6H2,1-2H3,(H,19,22)(H,20,21). The van der Waals surface area contributed by atoms with Crippen molar-refractivity contribution < 1.29 is 9.59 Å². The molecule has 2 N–H and O–H groups in total. The van der Waals surface area contributed by atoms with Gasteiger partial charge in [-0.25, -0.2) is 0 Å². The number of amides is 2. The van der Waals surface area contributed by atoms with Crippen LogP contribution in [-0.4, -0.2) is 11.8 Å². The van der Waals surface area contributed by atoms with Crippen molar-refractivity contribution in [2.75, 3.05) is 10.6 Å². The second kappa shape index (κ2) is 6.54. The fourth-order valence-corrected chi connectivity index (χ4v) is 4.08. The van der Waals surface area contributed by atoms with E-state index in [9.17, 15) is 9.59 Å². The van der Waals surface area contributed by atoms with Crippen LogP contribution in [0.5, 0.6) is 0 Å². The van der Waals surface area contributed by atoms with Gasteiger partial charge >= 0.3 is 0 Å². The van der Waals surface area contributed by atoms with Crippen LogP contribution >= 0.6 is 11.3 Å². The molecule has 0 spiro atoms. The fraction of sp³-hybridized carbons (Fsp3) is 0.333. The molecule has 0 fully saturated rings. The summed E-state index contributed by atoms with van der Waals surface area (Å²) in [7, 11) is 0. The molecule has 2 aromatic rings. The van der Waals surface area contributed by atoms with Crippen molar-refractivity contribution in [2.45, 2.75) is 39.5 Å². The van der Waals surface area contributed by atoms with Crippen molar-refractivity contribution in [3.63, 3.8) is 0 Å². The van der Waals surface area contributed by atoms with E-state index < -0.39 is 0 Å². The Bertz CT molecular complexity index is 747. The fourth-order valence-electron chi connectivity index (χ4n) is 2.78. The lowest BCUT2D eigenvalue weighted by Crippen LogP contribution is -2.17. The molecule has 4 nitrogen and oxygen atoms in total. The molecule has 3 rings (SSSR count). The quantitative estimate of drug-likeness (QED) is 0.886. The van der Waals surface area contributed by atoms with Gasteiger partial charge < -0.3 is 10.6 Å². The van der Waals surface area contributed by atoms with Crippen LogP contribution in [0.1, 0.15) is 46.1 Å². The highest BCUT2D eigenvalue weighted by atomic mass is 32.1. The molecular weight excluding hydrogens is 308 g/mol. The molecule has 0 unspecified atom stereocenters. The zero-order valence-corrected chi connectivity index (χ0v) is 14.2. The van der Waals surface area contributed by atoms with Gasteiger partial charge in [0.2, 0.25) is 5.91 Å². The lowest BCUT2D eigenvalue weighted by atomic mass is 10.1. The van der Waals surface area contributed by atoms with Crippen LogP contribution in [-0.2, 0) is 17.6 Å². The Kier molecular flexibility index (Phi) is 4.48. The highest BCUT2D eigenvalue weighted by molar-refractivity contribution is 7.17. The van der Waals surface area contributed by atoms with Crippen molar-refractivity contribution >= 4 is 33.8 Å². The minimum absolute atomic E-state index is 0.0608. The van der Waals surface area contributed by atoms with Gasteiger partial charge in [0.15, 0.2) is 0 Å². The molecule has 1 aliphatic rings. The maximum Gasteiger partial charge on any atom is 0.258 e. The minimum Gasteiger partial charge on any atom is -0.322 e. The molecule has 1 aromatic carbocycles. The summed E-state index contributed by atoms with van der Waals surface area (Å²) in [6.07, 6.45) is 3.38. The highest BCUT2D eigenvalue weighted by Crippen LogP contribution is 2.39. The van der Waals surface area contributed by atoms with Crippen LogP contribution in [0.15, 0.2) is 24.3 Å². The van der Waals surface area contributed by atoms with Crippen molar-refractivity contribution in [3.05, 3.63) is 45.8 Å². The first kappa shape index (κ1) is 15.7. The molecule has 2 amide bonds. The Labute approximate surface area is 139 Å². The summed E-state index contributed by atoms with van der Waals surface area (Å²) in [6, 6.07) is 7.72. The van der Waals surface area contributed by atoms with E-state index in [4.69, 9.17) is 0 Å². The third kappa shape index (κ3) is 3.29. The second-order valence-electron chi connectivity index (χ2n) is 5.78. The van der Waals surface area contributed by atoms with Crippen LogP contribution in [0.2, 0.25) is 0 Å². The van der Waals surface area contributed by atoms with Crippen LogP contribution < -0.4 is 10.6 Å². The predicted octanol–water partition coefficient (Wildman–Crippen LogP) is 4.15. The lowest BCUT2D eigenvalue weighted by molar-refractivity contribution is -0.115. The minimum atomic E-state index is -0.139. The molecule has 0 atom stereocenters. The lowest BCUT2D eigenvalue weighted by Gasteiger charge is -2.09. The number of rotatable bonds is 4. The number of aryl methyl sites for hydroxylation is 2. The van der Waals surface area contributed by atoms with E-state index in [1.54, 1.807) is 11.3 Å². The topological polar surface area (TPSA) is 58.2 Å². The number of fused-ring (bicyclic) bond motifs is 1. The summed E-state index contributed by atoms with van der Waals surface area (Å²) in [5, 5.41) is 6.52. The highest BCUT2D eigenvalue weighted by Gasteiger charge is 2.27. The number of benzene rings is 1. The number of hydrogen-bond acceptors (Lipinski definition) is 3. The number of carbonyl (C=O) groups is 2. The van der Waals surface area contributed by atoms with Crippen molar-refractivity contribution in [2.24, 2.45) is 0 Å². The van der Waals surface area contributed by atoms with Crippen LogP contribution in [0.3, 0.4) is 0 Å². The molecule has 120 valence electrons. The van der Waals surface area contributed by atoms with Gasteiger partial charge in [0.1, 0.15) is 5.00 Å². The Morgan fingerprint density at radius 1 is 1.13 bits per heavy atom. The maximum absolute atomic E-state index is 12.8. The monoisotopic (exact) mass is 328 g/mol. The maximum atomic E-state index is 12.8. The third-order valence-corrected chi connectivity index (χ3v) is 5.24. The van der Waals surface area contributed by atoms with Crippen LogP contribution in [0.25, 0.3) is 0 Å². The first-order valence-corrected chi connectivity index (χ1v) is 8.72. The molecule has 1 heterocycles. The third-order valence-electron chi connectivity index (χ3n) is 4.03. The second-order valence-corrected chi connectivity index (χ2v) is 6.89. The Hall–Kier alpha value is -2.14. The van der Waals surface area contributed by atoms with Gasteiger partial charge in [0, 0.05) is 17.0 Å². The average molecular weight is 328 g/mol. The average Bonchev–Trinajstić information content (AvgIpc) is 3.09. The van der Waals surface area contributed by atoms with Gasteiger partial charge in [-0.05, 0) is 43.9 Å². The molecule has 5 heteroatoms. The molecule has 1 aromatic heterocycles. The van der Waals surface area contributed by atoms with E-state index >= 15 is 0 Å². The van der Waals surface area contributed by atoms with E-state index in [0.717, 1.165) is 36.1 Å². The first-order valence-electron chi connectivity index (χ1n) is 7.91. The van der Waals surface area contributed by atoms with Gasteiger partial charge in [0.25, 0.3) is 5.91 Å². The molecule has 0 radical (unpaired) electrons. The molecule has 0 aliphatic heterocycles. The van der Waals surface area contributed by atoms with Crippen molar-refractivity contribution in [1.82, 2.24) is 0 Å². The van der Waals surface area contributed by atoms with E-state index in [0.29, 0.717) is 17.0 Å². The molecule has 1 aliphatic carbocycles. The Morgan fingerprint density at radius 3 is 2.57 bits per heavy atom. The number of carbonyl (C=O) groups excluding carboxylic acids is 2. The van der Waals surface area contributed by atoms with E-state index in [2.05, 4.69) is 10.6 Å². The van der Waals surface area contributed by atoms with Crippen molar-refractivity contribution in [1.29, 1.82) is 0 Å². The Morgan fingerprint density at radius 2 is 1.87 bits per heavy atom. The molecule has 0 bridgehead atoms. The summed E-state index contributed by atoms with van der Waals surface area (Å²) < 4.78 is 0. The van der Waals surface area contributed by atoms with Crippen molar-refractivity contribution in [3.8, 4) is 0 Å². The molecule has 0 saturated heterocycles.